The number of aromatic nitrogens is 2. The highest BCUT2D eigenvalue weighted by Gasteiger charge is 2.33. The van der Waals surface area contributed by atoms with Crippen LogP contribution < -0.4 is 4.74 Å². The fourth-order valence-electron chi connectivity index (χ4n) is 3.95. The minimum Gasteiger partial charge on any atom is -0.495 e. The van der Waals surface area contributed by atoms with E-state index in [9.17, 15) is 21.6 Å². The van der Waals surface area contributed by atoms with Gasteiger partial charge in [-0.25, -0.2) is 8.42 Å². The summed E-state index contributed by atoms with van der Waals surface area (Å²) < 4.78 is 71.9. The number of nitrogens with zero attached hydrogens (tertiary/aromatic N) is 2. The largest absolute Gasteiger partial charge is 0.495 e. The van der Waals surface area contributed by atoms with Crippen LogP contribution in [0.2, 0.25) is 5.02 Å². The van der Waals surface area contributed by atoms with Crippen LogP contribution >= 0.6 is 11.6 Å². The van der Waals surface area contributed by atoms with Crippen LogP contribution in [0.15, 0.2) is 53.4 Å². The minimum atomic E-state index is -4.43. The number of ether oxygens (including phenoxy) is 1. The van der Waals surface area contributed by atoms with Crippen molar-refractivity contribution in [3.8, 4) is 17.0 Å². The first-order valence-corrected chi connectivity index (χ1v) is 12.0. The van der Waals surface area contributed by atoms with Crippen molar-refractivity contribution in [2.45, 2.75) is 29.8 Å². The third-order valence-corrected chi connectivity index (χ3v) is 7.88. The van der Waals surface area contributed by atoms with Crippen molar-refractivity contribution in [3.05, 3.63) is 64.8 Å². The number of hydrogen-bond donors (Lipinski definition) is 1. The molecule has 1 aromatic heterocycles. The molecule has 6 nitrogen and oxygen atoms in total. The number of rotatable bonds is 5. The zero-order chi connectivity index (χ0) is 23.8. The summed E-state index contributed by atoms with van der Waals surface area (Å²) in [5.41, 5.74) is 0.800. The van der Waals surface area contributed by atoms with Crippen LogP contribution in [0, 0.1) is 0 Å². The van der Waals surface area contributed by atoms with Crippen molar-refractivity contribution in [2.75, 3.05) is 20.2 Å². The molecule has 1 fully saturated rings. The molecule has 1 N–H and O–H groups in total. The topological polar surface area (TPSA) is 75.3 Å². The molecule has 2 aromatic carbocycles. The number of hydrogen-bond acceptors (Lipinski definition) is 4. The van der Waals surface area contributed by atoms with Crippen molar-refractivity contribution in [3.63, 3.8) is 0 Å². The van der Waals surface area contributed by atoms with E-state index in [0.717, 1.165) is 17.8 Å². The second-order valence-electron chi connectivity index (χ2n) is 7.76. The smallest absolute Gasteiger partial charge is 0.416 e. The molecule has 2 heterocycles. The van der Waals surface area contributed by atoms with Gasteiger partial charge in [-0.3, -0.25) is 5.10 Å². The van der Waals surface area contributed by atoms with Crippen LogP contribution in [0.4, 0.5) is 13.2 Å². The van der Waals surface area contributed by atoms with Crippen LogP contribution in [-0.2, 0) is 16.2 Å². The Hall–Kier alpha value is -2.56. The number of nitrogens with one attached hydrogen (secondary N) is 1. The molecule has 0 atom stereocenters. The summed E-state index contributed by atoms with van der Waals surface area (Å²) in [5.74, 6) is 0.227. The molecule has 0 unspecified atom stereocenters. The maximum absolute atomic E-state index is 13.1. The molecule has 0 saturated carbocycles. The van der Waals surface area contributed by atoms with Crippen molar-refractivity contribution in [1.29, 1.82) is 0 Å². The number of methoxy groups -OCH3 is 1. The third kappa shape index (κ3) is 4.87. The van der Waals surface area contributed by atoms with Crippen LogP contribution in [0.5, 0.6) is 5.75 Å². The molecular formula is C22H21ClF3N3O3S. The number of sulfonamides is 1. The summed E-state index contributed by atoms with van der Waals surface area (Å²) in [6, 6.07) is 11.2. The lowest BCUT2D eigenvalue weighted by molar-refractivity contribution is -0.137. The van der Waals surface area contributed by atoms with Crippen LogP contribution in [0.25, 0.3) is 11.3 Å². The van der Waals surface area contributed by atoms with Crippen molar-refractivity contribution in [2.24, 2.45) is 0 Å². The van der Waals surface area contributed by atoms with Crippen LogP contribution in [0.3, 0.4) is 0 Å². The Kier molecular flexibility index (Phi) is 6.43. The standard InChI is InChI=1S/C22H21ClF3N3O3S/c1-32-20-6-5-17(23)12-21(20)33(30,31)29-9-7-14(8-10-29)18-13-19(28-27-18)15-3-2-4-16(11-15)22(24,25)26/h2-6,11-14H,7-10H2,1H3,(H,27,28). The number of aromatic amines is 1. The highest BCUT2D eigenvalue weighted by atomic mass is 35.5. The first-order chi connectivity index (χ1) is 15.6. The molecule has 0 bridgehead atoms. The first-order valence-electron chi connectivity index (χ1n) is 10.2. The van der Waals surface area contributed by atoms with Gasteiger partial charge in [0.2, 0.25) is 10.0 Å². The summed E-state index contributed by atoms with van der Waals surface area (Å²) in [7, 11) is -2.40. The summed E-state index contributed by atoms with van der Waals surface area (Å²) >= 11 is 6.00. The Morgan fingerprint density at radius 1 is 1.12 bits per heavy atom. The monoisotopic (exact) mass is 499 g/mol. The number of benzene rings is 2. The second kappa shape index (κ2) is 9.00. The molecule has 3 aromatic rings. The Morgan fingerprint density at radius 3 is 2.52 bits per heavy atom. The molecule has 176 valence electrons. The van der Waals surface area contributed by atoms with Crippen molar-refractivity contribution < 1.29 is 26.3 Å². The highest BCUT2D eigenvalue weighted by Crippen LogP contribution is 2.36. The molecule has 0 radical (unpaired) electrons. The maximum atomic E-state index is 13.1. The summed E-state index contributed by atoms with van der Waals surface area (Å²) in [5, 5.41) is 7.38. The average Bonchev–Trinajstić information content (AvgIpc) is 3.29. The number of alkyl halides is 3. The van der Waals surface area contributed by atoms with E-state index in [2.05, 4.69) is 10.2 Å². The highest BCUT2D eigenvalue weighted by molar-refractivity contribution is 7.89. The van der Waals surface area contributed by atoms with Crippen LogP contribution in [-0.4, -0.2) is 43.1 Å². The van der Waals surface area contributed by atoms with Gasteiger partial charge in [0.1, 0.15) is 10.6 Å². The molecule has 4 rings (SSSR count). The molecular weight excluding hydrogens is 479 g/mol. The molecule has 0 amide bonds. The zero-order valence-electron chi connectivity index (χ0n) is 17.6. The van der Waals surface area contributed by atoms with Gasteiger partial charge in [-0.1, -0.05) is 23.7 Å². The Bertz CT molecular complexity index is 1250. The SMILES string of the molecule is COc1ccc(Cl)cc1S(=O)(=O)N1CCC(c2cc(-c3cccc(C(F)(F)F)c3)n[nH]2)CC1. The predicted octanol–water partition coefficient (Wildman–Crippen LogP) is 5.33. The fourth-order valence-corrected chi connectivity index (χ4v) is 5.83. The van der Waals surface area contributed by atoms with E-state index in [0.29, 0.717) is 29.1 Å². The second-order valence-corrected chi connectivity index (χ2v) is 10.1. The van der Waals surface area contributed by atoms with Gasteiger partial charge in [0, 0.05) is 35.3 Å². The first kappa shape index (κ1) is 23.6. The minimum absolute atomic E-state index is 0.00440. The molecule has 11 heteroatoms. The predicted molar refractivity (Wildman–Crippen MR) is 118 cm³/mol. The lowest BCUT2D eigenvalue weighted by Gasteiger charge is -2.31. The average molecular weight is 500 g/mol. The van der Waals surface area contributed by atoms with E-state index in [1.165, 1.54) is 29.6 Å². The number of piperidine rings is 1. The lowest BCUT2D eigenvalue weighted by Crippen LogP contribution is -2.38. The fraction of sp³-hybridized carbons (Fsp3) is 0.318. The van der Waals surface area contributed by atoms with E-state index in [-0.39, 0.29) is 29.7 Å². The lowest BCUT2D eigenvalue weighted by atomic mass is 9.94. The van der Waals surface area contributed by atoms with Gasteiger partial charge < -0.3 is 4.74 Å². The van der Waals surface area contributed by atoms with Crippen molar-refractivity contribution >= 4 is 21.6 Å². The van der Waals surface area contributed by atoms with Gasteiger partial charge in [-0.2, -0.15) is 22.6 Å². The van der Waals surface area contributed by atoms with E-state index in [4.69, 9.17) is 16.3 Å². The molecule has 0 spiro atoms. The summed E-state index contributed by atoms with van der Waals surface area (Å²) in [4.78, 5) is 0.0179. The van der Waals surface area contributed by atoms with Gasteiger partial charge in [0.15, 0.2) is 0 Å². The molecule has 33 heavy (non-hydrogen) atoms. The van der Waals surface area contributed by atoms with E-state index in [1.54, 1.807) is 18.2 Å². The van der Waals surface area contributed by atoms with Gasteiger partial charge in [-0.15, -0.1) is 0 Å². The number of halogens is 4. The summed E-state index contributed by atoms with van der Waals surface area (Å²) in [6.07, 6.45) is -3.36. The van der Waals surface area contributed by atoms with E-state index >= 15 is 0 Å². The quantitative estimate of drug-likeness (QED) is 0.515. The molecule has 0 aliphatic carbocycles. The van der Waals surface area contributed by atoms with Crippen molar-refractivity contribution in [1.82, 2.24) is 14.5 Å². The normalized spacial score (nSPS) is 16.2. The van der Waals surface area contributed by atoms with Gasteiger partial charge in [0.25, 0.3) is 0 Å². The third-order valence-electron chi connectivity index (χ3n) is 5.72. The van der Waals surface area contributed by atoms with Gasteiger partial charge in [0.05, 0.1) is 18.4 Å². The summed E-state index contributed by atoms with van der Waals surface area (Å²) in [6.45, 7) is 0.557. The zero-order valence-corrected chi connectivity index (χ0v) is 19.1. The number of H-pyrrole nitrogens is 1. The molecule has 1 aliphatic rings. The Balaban J connectivity index is 1.48. The van der Waals surface area contributed by atoms with E-state index in [1.807, 2.05) is 0 Å². The van der Waals surface area contributed by atoms with Crippen LogP contribution in [0.1, 0.15) is 30.0 Å². The van der Waals surface area contributed by atoms with E-state index < -0.39 is 21.8 Å². The van der Waals surface area contributed by atoms with Gasteiger partial charge >= 0.3 is 6.18 Å². The Labute approximate surface area is 194 Å². The maximum Gasteiger partial charge on any atom is 0.416 e. The Morgan fingerprint density at radius 2 is 1.85 bits per heavy atom. The van der Waals surface area contributed by atoms with Gasteiger partial charge in [-0.05, 0) is 49.2 Å². The molecule has 1 aliphatic heterocycles. The molecule has 1 saturated heterocycles.